The van der Waals surface area contributed by atoms with Gasteiger partial charge in [-0.1, -0.05) is 12.1 Å². The normalized spacial score (nSPS) is 21.5. The van der Waals surface area contributed by atoms with E-state index in [1.807, 2.05) is 18.7 Å². The van der Waals surface area contributed by atoms with Crippen molar-refractivity contribution in [1.82, 2.24) is 4.90 Å². The summed E-state index contributed by atoms with van der Waals surface area (Å²) in [6.45, 7) is 4.94. The predicted molar refractivity (Wildman–Crippen MR) is 115 cm³/mol. The topological polar surface area (TPSA) is 82.9 Å². The van der Waals surface area contributed by atoms with E-state index in [0.29, 0.717) is 46.9 Å². The van der Waals surface area contributed by atoms with Gasteiger partial charge in [0.1, 0.15) is 11.4 Å². The molecule has 0 radical (unpaired) electrons. The Labute approximate surface area is 181 Å². The smallest absolute Gasteiger partial charge is 0.282 e. The lowest BCUT2D eigenvalue weighted by atomic mass is 10.0. The van der Waals surface area contributed by atoms with Crippen molar-refractivity contribution in [1.29, 1.82) is 5.26 Å². The van der Waals surface area contributed by atoms with Crippen molar-refractivity contribution in [3.8, 4) is 11.8 Å². The third-order valence-electron chi connectivity index (χ3n) is 5.43. The van der Waals surface area contributed by atoms with E-state index < -0.39 is 0 Å². The van der Waals surface area contributed by atoms with Gasteiger partial charge < -0.3 is 14.4 Å². The van der Waals surface area contributed by atoms with Crippen molar-refractivity contribution in [2.24, 2.45) is 0 Å². The molecule has 1 fully saturated rings. The Kier molecular flexibility index (Phi) is 5.49. The monoisotopic (exact) mass is 417 g/mol. The van der Waals surface area contributed by atoms with Crippen LogP contribution in [0.3, 0.4) is 0 Å². The average molecular weight is 417 g/mol. The van der Waals surface area contributed by atoms with E-state index in [-0.39, 0.29) is 24.0 Å². The van der Waals surface area contributed by atoms with Crippen molar-refractivity contribution in [3.63, 3.8) is 0 Å². The van der Waals surface area contributed by atoms with Gasteiger partial charge in [-0.15, -0.1) is 0 Å². The van der Waals surface area contributed by atoms with Gasteiger partial charge in [0.05, 0.1) is 42.2 Å². The lowest BCUT2D eigenvalue weighted by molar-refractivity contribution is -0.121. The molecule has 7 nitrogen and oxygen atoms in total. The number of hydrogen-bond donors (Lipinski definition) is 0. The molecule has 2 atom stereocenters. The van der Waals surface area contributed by atoms with E-state index in [1.54, 1.807) is 55.6 Å². The van der Waals surface area contributed by atoms with Crippen LogP contribution >= 0.6 is 0 Å². The summed E-state index contributed by atoms with van der Waals surface area (Å²) in [6.07, 6.45) is -0.138. The Hall–Kier alpha value is -3.63. The zero-order valence-corrected chi connectivity index (χ0v) is 17.7. The summed E-state index contributed by atoms with van der Waals surface area (Å²) in [4.78, 5) is 30.2. The van der Waals surface area contributed by atoms with Gasteiger partial charge in [0.25, 0.3) is 11.8 Å². The summed E-state index contributed by atoms with van der Waals surface area (Å²) in [5.41, 5.74) is 2.28. The van der Waals surface area contributed by atoms with Crippen LogP contribution in [-0.2, 0) is 14.3 Å². The summed E-state index contributed by atoms with van der Waals surface area (Å²) >= 11 is 0. The molecule has 7 heteroatoms. The molecule has 31 heavy (non-hydrogen) atoms. The highest BCUT2D eigenvalue weighted by molar-refractivity contribution is 6.45. The highest BCUT2D eigenvalue weighted by atomic mass is 16.5. The third-order valence-corrected chi connectivity index (χ3v) is 5.43. The SMILES string of the molecule is COc1ccc(C2=C(N3CC(C)OC(C)C3)C(=O)N(c3ccc(C#N)cc3)C2=O)cc1. The number of nitriles is 1. The van der Waals surface area contributed by atoms with Gasteiger partial charge in [-0.3, -0.25) is 9.59 Å². The largest absolute Gasteiger partial charge is 0.497 e. The Morgan fingerprint density at radius 1 is 0.968 bits per heavy atom. The Morgan fingerprint density at radius 2 is 1.58 bits per heavy atom. The maximum atomic E-state index is 13.6. The van der Waals surface area contributed by atoms with E-state index in [1.165, 1.54) is 4.90 Å². The van der Waals surface area contributed by atoms with Gasteiger partial charge in [-0.2, -0.15) is 5.26 Å². The molecule has 158 valence electrons. The molecule has 2 unspecified atom stereocenters. The highest BCUT2D eigenvalue weighted by Gasteiger charge is 2.43. The van der Waals surface area contributed by atoms with Crippen LogP contribution in [0.1, 0.15) is 25.0 Å². The number of carbonyl (C=O) groups excluding carboxylic acids is 2. The number of hydrogen-bond acceptors (Lipinski definition) is 6. The summed E-state index contributed by atoms with van der Waals surface area (Å²) < 4.78 is 11.1. The maximum absolute atomic E-state index is 13.6. The number of ether oxygens (including phenoxy) is 2. The molecule has 2 aromatic rings. The fourth-order valence-electron chi connectivity index (χ4n) is 4.11. The molecule has 4 rings (SSSR count). The Bertz CT molecular complexity index is 1070. The quantitative estimate of drug-likeness (QED) is 0.712. The average Bonchev–Trinajstić information content (AvgIpc) is 3.03. The third kappa shape index (κ3) is 3.78. The summed E-state index contributed by atoms with van der Waals surface area (Å²) in [6, 6.07) is 15.6. The molecular weight excluding hydrogens is 394 g/mol. The summed E-state index contributed by atoms with van der Waals surface area (Å²) in [7, 11) is 1.58. The fraction of sp³-hybridized carbons (Fsp3) is 0.292. The number of benzene rings is 2. The molecule has 2 aliphatic heterocycles. The van der Waals surface area contributed by atoms with Crippen LogP contribution in [0, 0.1) is 11.3 Å². The molecule has 0 aliphatic carbocycles. The van der Waals surface area contributed by atoms with Crippen LogP contribution in [0.4, 0.5) is 5.69 Å². The number of morpholine rings is 1. The number of methoxy groups -OCH3 is 1. The van der Waals surface area contributed by atoms with Crippen LogP contribution < -0.4 is 9.64 Å². The number of carbonyl (C=O) groups is 2. The molecule has 1 saturated heterocycles. The van der Waals surface area contributed by atoms with Gasteiger partial charge in [0.15, 0.2) is 0 Å². The first-order valence-corrected chi connectivity index (χ1v) is 10.1. The second kappa shape index (κ2) is 8.25. The predicted octanol–water partition coefficient (Wildman–Crippen LogP) is 2.96. The van der Waals surface area contributed by atoms with E-state index in [4.69, 9.17) is 14.7 Å². The standard InChI is InChI=1S/C24H23N3O4/c1-15-13-26(14-16(2)31-15)22-21(18-6-10-20(30-3)11-7-18)23(28)27(24(22)29)19-8-4-17(12-25)5-9-19/h4-11,15-16H,13-14H2,1-3H3. The zero-order chi connectivity index (χ0) is 22.1. The molecule has 2 amide bonds. The Morgan fingerprint density at radius 3 is 2.13 bits per heavy atom. The van der Waals surface area contributed by atoms with Gasteiger partial charge in [0.2, 0.25) is 0 Å². The van der Waals surface area contributed by atoms with Crippen LogP contribution in [-0.4, -0.2) is 49.1 Å². The molecule has 2 aromatic carbocycles. The second-order valence-electron chi connectivity index (χ2n) is 7.72. The van der Waals surface area contributed by atoms with Crippen LogP contribution in [0.25, 0.3) is 5.57 Å². The van der Waals surface area contributed by atoms with E-state index in [0.717, 1.165) is 0 Å². The molecule has 0 saturated carbocycles. The minimum atomic E-state index is -0.387. The fourth-order valence-corrected chi connectivity index (χ4v) is 4.11. The molecule has 0 aromatic heterocycles. The Balaban J connectivity index is 1.81. The van der Waals surface area contributed by atoms with Crippen LogP contribution in [0.15, 0.2) is 54.2 Å². The lowest BCUT2D eigenvalue weighted by Gasteiger charge is -2.37. The van der Waals surface area contributed by atoms with Crippen molar-refractivity contribution in [2.45, 2.75) is 26.1 Å². The van der Waals surface area contributed by atoms with Crippen molar-refractivity contribution >= 4 is 23.1 Å². The van der Waals surface area contributed by atoms with Crippen molar-refractivity contribution in [2.75, 3.05) is 25.1 Å². The summed E-state index contributed by atoms with van der Waals surface area (Å²) in [5.74, 6) is -0.0938. The van der Waals surface area contributed by atoms with Crippen molar-refractivity contribution in [3.05, 3.63) is 65.4 Å². The number of imide groups is 1. The zero-order valence-electron chi connectivity index (χ0n) is 17.7. The molecule has 2 heterocycles. The van der Waals surface area contributed by atoms with Gasteiger partial charge >= 0.3 is 0 Å². The molecule has 2 aliphatic rings. The van der Waals surface area contributed by atoms with E-state index in [2.05, 4.69) is 6.07 Å². The number of anilines is 1. The van der Waals surface area contributed by atoms with E-state index >= 15 is 0 Å². The second-order valence-corrected chi connectivity index (χ2v) is 7.72. The van der Waals surface area contributed by atoms with Crippen LogP contribution in [0.5, 0.6) is 5.75 Å². The molecule has 0 bridgehead atoms. The summed E-state index contributed by atoms with van der Waals surface area (Å²) in [5, 5.41) is 9.06. The first-order valence-electron chi connectivity index (χ1n) is 10.1. The lowest BCUT2D eigenvalue weighted by Crippen LogP contribution is -2.47. The van der Waals surface area contributed by atoms with Gasteiger partial charge in [-0.25, -0.2) is 4.90 Å². The molecule has 0 spiro atoms. The number of rotatable bonds is 4. The van der Waals surface area contributed by atoms with E-state index in [9.17, 15) is 9.59 Å². The highest BCUT2D eigenvalue weighted by Crippen LogP contribution is 2.36. The maximum Gasteiger partial charge on any atom is 0.282 e. The van der Waals surface area contributed by atoms with Gasteiger partial charge in [-0.05, 0) is 55.8 Å². The first kappa shape index (κ1) is 20.6. The van der Waals surface area contributed by atoms with Crippen LogP contribution in [0.2, 0.25) is 0 Å². The number of amides is 2. The minimum Gasteiger partial charge on any atom is -0.497 e. The minimum absolute atomic E-state index is 0.0692. The first-order chi connectivity index (χ1) is 14.9. The molecular formula is C24H23N3O4. The molecule has 0 N–H and O–H groups in total. The van der Waals surface area contributed by atoms with Crippen molar-refractivity contribution < 1.29 is 19.1 Å². The number of nitrogens with zero attached hydrogens (tertiary/aromatic N) is 3. The van der Waals surface area contributed by atoms with Gasteiger partial charge in [0, 0.05) is 13.1 Å².